The van der Waals surface area contributed by atoms with Crippen molar-refractivity contribution in [2.24, 2.45) is 0 Å². The number of hydrogen-bond donors (Lipinski definition) is 2. The molecule has 29 heavy (non-hydrogen) atoms. The highest BCUT2D eigenvalue weighted by atomic mass is 32.2. The van der Waals surface area contributed by atoms with Crippen LogP contribution in [0.2, 0.25) is 0 Å². The summed E-state index contributed by atoms with van der Waals surface area (Å²) in [5, 5.41) is 2.68. The van der Waals surface area contributed by atoms with E-state index >= 15 is 0 Å². The quantitative estimate of drug-likeness (QED) is 0.584. The minimum Gasteiger partial charge on any atom is -0.322 e. The Labute approximate surface area is 169 Å². The number of anilines is 2. The zero-order valence-electron chi connectivity index (χ0n) is 15.6. The van der Waals surface area contributed by atoms with E-state index in [-0.39, 0.29) is 10.7 Å². The van der Waals surface area contributed by atoms with E-state index in [1.807, 2.05) is 0 Å². The molecule has 0 spiro atoms. The summed E-state index contributed by atoms with van der Waals surface area (Å²) < 4.78 is 40.5. The number of aryl methyl sites for hydroxylation is 1. The minimum atomic E-state index is -3.74. The molecule has 0 heterocycles. The van der Waals surface area contributed by atoms with Crippen molar-refractivity contribution < 1.29 is 17.6 Å². The first kappa shape index (κ1) is 20.3. The van der Waals surface area contributed by atoms with Crippen molar-refractivity contribution in [2.45, 2.75) is 11.8 Å². The molecule has 3 rings (SSSR count). The molecule has 0 saturated heterocycles. The Kier molecular flexibility index (Phi) is 6.09. The average molecular weight is 410 g/mol. The lowest BCUT2D eigenvalue weighted by Crippen LogP contribution is -2.14. The predicted octanol–water partition coefficient (Wildman–Crippen LogP) is 4.59. The fourth-order valence-electron chi connectivity index (χ4n) is 2.54. The number of hydrogen-bond acceptors (Lipinski definition) is 3. The van der Waals surface area contributed by atoms with Crippen LogP contribution in [-0.4, -0.2) is 14.3 Å². The van der Waals surface area contributed by atoms with Gasteiger partial charge >= 0.3 is 0 Å². The summed E-state index contributed by atoms with van der Waals surface area (Å²) in [7, 11) is -3.74. The molecule has 0 aliphatic rings. The van der Waals surface area contributed by atoms with E-state index in [0.29, 0.717) is 22.5 Å². The Morgan fingerprint density at radius 1 is 0.966 bits per heavy atom. The van der Waals surface area contributed by atoms with Crippen LogP contribution < -0.4 is 10.0 Å². The number of nitrogens with one attached hydrogen (secondary N) is 2. The lowest BCUT2D eigenvalue weighted by Gasteiger charge is -2.12. The first-order chi connectivity index (χ1) is 13.8. The van der Waals surface area contributed by atoms with Gasteiger partial charge in [0.15, 0.2) is 0 Å². The van der Waals surface area contributed by atoms with Gasteiger partial charge in [0, 0.05) is 11.8 Å². The van der Waals surface area contributed by atoms with Gasteiger partial charge in [0.25, 0.3) is 10.0 Å². The number of amides is 1. The maximum absolute atomic E-state index is 12.9. The fourth-order valence-corrected chi connectivity index (χ4v) is 3.69. The minimum absolute atomic E-state index is 0.149. The standard InChI is InChI=1S/C22H19FN2O3S/c1-16-7-13-19(24-22(26)14-10-17-8-11-18(23)12-9-17)15-21(16)25-29(27,28)20-5-3-2-4-6-20/h2-15,25H,1H3,(H,24,26)/b14-10-. The lowest BCUT2D eigenvalue weighted by molar-refractivity contribution is -0.111. The molecular formula is C22H19FN2O3S. The van der Waals surface area contributed by atoms with Gasteiger partial charge in [0.2, 0.25) is 5.91 Å². The normalized spacial score (nSPS) is 11.4. The molecule has 0 fully saturated rings. The molecule has 0 bridgehead atoms. The molecule has 0 atom stereocenters. The van der Waals surface area contributed by atoms with Crippen LogP contribution in [0.3, 0.4) is 0 Å². The summed E-state index contributed by atoms with van der Waals surface area (Å²) in [6, 6.07) is 18.7. The van der Waals surface area contributed by atoms with Gasteiger partial charge in [-0.1, -0.05) is 36.4 Å². The Balaban J connectivity index is 1.73. The lowest BCUT2D eigenvalue weighted by atomic mass is 10.2. The topological polar surface area (TPSA) is 75.3 Å². The van der Waals surface area contributed by atoms with Crippen LogP contribution in [0.4, 0.5) is 15.8 Å². The first-order valence-electron chi connectivity index (χ1n) is 8.77. The Hall–Kier alpha value is -3.45. The highest BCUT2D eigenvalue weighted by Gasteiger charge is 2.15. The van der Waals surface area contributed by atoms with Gasteiger partial charge in [-0.15, -0.1) is 0 Å². The molecule has 3 aromatic carbocycles. The van der Waals surface area contributed by atoms with E-state index in [1.165, 1.54) is 30.3 Å². The molecule has 2 N–H and O–H groups in total. The van der Waals surface area contributed by atoms with Crippen LogP contribution >= 0.6 is 0 Å². The predicted molar refractivity (Wildman–Crippen MR) is 112 cm³/mol. The number of benzene rings is 3. The highest BCUT2D eigenvalue weighted by Crippen LogP contribution is 2.23. The third-order valence-electron chi connectivity index (χ3n) is 4.10. The van der Waals surface area contributed by atoms with E-state index in [2.05, 4.69) is 10.0 Å². The number of rotatable bonds is 6. The Morgan fingerprint density at radius 2 is 1.66 bits per heavy atom. The molecule has 0 aliphatic carbocycles. The van der Waals surface area contributed by atoms with Crippen molar-refractivity contribution in [3.63, 3.8) is 0 Å². The van der Waals surface area contributed by atoms with Gasteiger partial charge in [-0.05, 0) is 60.5 Å². The van der Waals surface area contributed by atoms with Gasteiger partial charge in [-0.25, -0.2) is 12.8 Å². The van der Waals surface area contributed by atoms with E-state index < -0.39 is 15.9 Å². The molecule has 0 saturated carbocycles. The average Bonchev–Trinajstić information content (AvgIpc) is 2.70. The second-order valence-electron chi connectivity index (χ2n) is 6.32. The number of carbonyl (C=O) groups excluding carboxylic acids is 1. The first-order valence-corrected chi connectivity index (χ1v) is 10.2. The monoisotopic (exact) mass is 410 g/mol. The van der Waals surface area contributed by atoms with Crippen LogP contribution in [0.5, 0.6) is 0 Å². The Morgan fingerprint density at radius 3 is 2.34 bits per heavy atom. The number of carbonyl (C=O) groups is 1. The largest absolute Gasteiger partial charge is 0.322 e. The summed E-state index contributed by atoms with van der Waals surface area (Å²) in [5.41, 5.74) is 2.20. The van der Waals surface area contributed by atoms with Crippen LogP contribution in [0, 0.1) is 12.7 Å². The summed E-state index contributed by atoms with van der Waals surface area (Å²) in [5.74, 6) is -0.744. The van der Waals surface area contributed by atoms with E-state index in [4.69, 9.17) is 0 Å². The van der Waals surface area contributed by atoms with Gasteiger partial charge < -0.3 is 5.32 Å². The molecule has 1 amide bonds. The van der Waals surface area contributed by atoms with Gasteiger partial charge in [0.05, 0.1) is 10.6 Å². The summed E-state index contributed by atoms with van der Waals surface area (Å²) in [6.45, 7) is 1.77. The molecule has 148 valence electrons. The zero-order chi connectivity index (χ0) is 20.9. The SMILES string of the molecule is Cc1ccc(NC(=O)/C=C\c2ccc(F)cc2)cc1NS(=O)(=O)c1ccccc1. The maximum atomic E-state index is 12.9. The van der Waals surface area contributed by atoms with Crippen molar-refractivity contribution >= 4 is 33.4 Å². The van der Waals surface area contributed by atoms with Crippen molar-refractivity contribution in [1.82, 2.24) is 0 Å². The highest BCUT2D eigenvalue weighted by molar-refractivity contribution is 7.92. The smallest absolute Gasteiger partial charge is 0.261 e. The second-order valence-corrected chi connectivity index (χ2v) is 8.00. The third-order valence-corrected chi connectivity index (χ3v) is 5.48. The van der Waals surface area contributed by atoms with Crippen LogP contribution in [0.25, 0.3) is 6.08 Å². The molecule has 5 nitrogen and oxygen atoms in total. The summed E-state index contributed by atoms with van der Waals surface area (Å²) >= 11 is 0. The van der Waals surface area contributed by atoms with Crippen LogP contribution in [-0.2, 0) is 14.8 Å². The van der Waals surface area contributed by atoms with E-state index in [1.54, 1.807) is 61.5 Å². The molecule has 0 unspecified atom stereocenters. The van der Waals surface area contributed by atoms with Crippen molar-refractivity contribution in [3.8, 4) is 0 Å². The van der Waals surface area contributed by atoms with E-state index in [0.717, 1.165) is 0 Å². The molecule has 0 radical (unpaired) electrons. The molecular weight excluding hydrogens is 391 g/mol. The third kappa shape index (κ3) is 5.52. The van der Waals surface area contributed by atoms with Gasteiger partial charge in [0.1, 0.15) is 5.82 Å². The van der Waals surface area contributed by atoms with Crippen LogP contribution in [0.1, 0.15) is 11.1 Å². The van der Waals surface area contributed by atoms with Crippen molar-refractivity contribution in [2.75, 3.05) is 10.0 Å². The summed E-state index contributed by atoms with van der Waals surface area (Å²) in [4.78, 5) is 12.3. The van der Waals surface area contributed by atoms with Crippen LogP contribution in [0.15, 0.2) is 83.8 Å². The molecule has 7 heteroatoms. The summed E-state index contributed by atoms with van der Waals surface area (Å²) in [6.07, 6.45) is 2.88. The second kappa shape index (κ2) is 8.70. The van der Waals surface area contributed by atoms with Gasteiger partial charge in [-0.2, -0.15) is 0 Å². The zero-order valence-corrected chi connectivity index (χ0v) is 16.4. The molecule has 0 aliphatic heterocycles. The Bertz CT molecular complexity index is 1140. The maximum Gasteiger partial charge on any atom is 0.261 e. The van der Waals surface area contributed by atoms with Gasteiger partial charge in [-0.3, -0.25) is 9.52 Å². The van der Waals surface area contributed by atoms with Crippen molar-refractivity contribution in [1.29, 1.82) is 0 Å². The number of halogens is 1. The fraction of sp³-hybridized carbons (Fsp3) is 0.0455. The molecule has 3 aromatic rings. The van der Waals surface area contributed by atoms with E-state index in [9.17, 15) is 17.6 Å². The molecule has 0 aromatic heterocycles. The van der Waals surface area contributed by atoms with Crippen molar-refractivity contribution in [3.05, 3.63) is 95.8 Å². The number of sulfonamides is 1.